The SMILES string of the molecule is Cc1ccc(CN(Cc2ccc3c(c2)OCO3)C(=O)Nc2ccccc2)o1. The molecule has 0 saturated heterocycles. The number of rotatable bonds is 5. The lowest BCUT2D eigenvalue weighted by Gasteiger charge is -2.22. The molecule has 0 spiro atoms. The maximum absolute atomic E-state index is 12.9. The van der Waals surface area contributed by atoms with Crippen molar-refractivity contribution >= 4 is 11.7 Å². The van der Waals surface area contributed by atoms with Crippen LogP contribution in [0.15, 0.2) is 65.1 Å². The van der Waals surface area contributed by atoms with Gasteiger partial charge < -0.3 is 24.1 Å². The van der Waals surface area contributed by atoms with E-state index in [9.17, 15) is 4.79 Å². The quantitative estimate of drug-likeness (QED) is 0.721. The van der Waals surface area contributed by atoms with Gasteiger partial charge in [0.1, 0.15) is 11.5 Å². The average Bonchev–Trinajstić information content (AvgIpc) is 3.30. The number of hydrogen-bond acceptors (Lipinski definition) is 4. The highest BCUT2D eigenvalue weighted by atomic mass is 16.7. The van der Waals surface area contributed by atoms with Gasteiger partial charge >= 0.3 is 6.03 Å². The van der Waals surface area contributed by atoms with E-state index in [1.807, 2.05) is 67.6 Å². The zero-order valence-corrected chi connectivity index (χ0v) is 15.0. The van der Waals surface area contributed by atoms with Crippen molar-refractivity contribution in [2.45, 2.75) is 20.0 Å². The second kappa shape index (κ2) is 7.45. The summed E-state index contributed by atoms with van der Waals surface area (Å²) < 4.78 is 16.5. The van der Waals surface area contributed by atoms with Crippen LogP contribution in [0.5, 0.6) is 11.5 Å². The van der Waals surface area contributed by atoms with E-state index in [-0.39, 0.29) is 12.8 Å². The lowest BCUT2D eigenvalue weighted by Crippen LogP contribution is -2.33. The normalized spacial score (nSPS) is 12.0. The Kier molecular flexibility index (Phi) is 4.70. The van der Waals surface area contributed by atoms with Crippen molar-refractivity contribution in [3.05, 3.63) is 77.7 Å². The molecule has 6 heteroatoms. The summed E-state index contributed by atoms with van der Waals surface area (Å²) in [4.78, 5) is 14.6. The number of hydrogen-bond donors (Lipinski definition) is 1. The highest BCUT2D eigenvalue weighted by Gasteiger charge is 2.19. The Balaban J connectivity index is 1.54. The molecular weight excluding hydrogens is 344 g/mol. The molecule has 1 aromatic heterocycles. The summed E-state index contributed by atoms with van der Waals surface area (Å²) in [6.45, 7) is 2.88. The van der Waals surface area contributed by atoms with Gasteiger partial charge in [-0.15, -0.1) is 0 Å². The Bertz CT molecular complexity index is 936. The molecule has 0 bridgehead atoms. The number of ether oxygens (including phenoxy) is 2. The van der Waals surface area contributed by atoms with Gasteiger partial charge in [-0.25, -0.2) is 4.79 Å². The van der Waals surface area contributed by atoms with Crippen molar-refractivity contribution in [3.8, 4) is 11.5 Å². The van der Waals surface area contributed by atoms with Crippen molar-refractivity contribution in [1.82, 2.24) is 4.90 Å². The third kappa shape index (κ3) is 4.06. The van der Waals surface area contributed by atoms with Crippen molar-refractivity contribution in [2.24, 2.45) is 0 Å². The molecular formula is C21H20N2O4. The Morgan fingerprint density at radius 2 is 1.81 bits per heavy atom. The number of benzene rings is 2. The zero-order chi connectivity index (χ0) is 18.6. The first-order chi connectivity index (χ1) is 13.2. The summed E-state index contributed by atoms with van der Waals surface area (Å²) in [6, 6.07) is 18.7. The number of carbonyl (C=O) groups is 1. The number of furan rings is 1. The van der Waals surface area contributed by atoms with Crippen LogP contribution in [0.1, 0.15) is 17.1 Å². The maximum Gasteiger partial charge on any atom is 0.322 e. The molecule has 2 heterocycles. The molecule has 0 radical (unpaired) electrons. The van der Waals surface area contributed by atoms with Crippen LogP contribution >= 0.6 is 0 Å². The van der Waals surface area contributed by atoms with Crippen LogP contribution in [0.3, 0.4) is 0 Å². The topological polar surface area (TPSA) is 63.9 Å². The van der Waals surface area contributed by atoms with Gasteiger partial charge in [-0.2, -0.15) is 0 Å². The predicted molar refractivity (Wildman–Crippen MR) is 101 cm³/mol. The van der Waals surface area contributed by atoms with E-state index in [1.54, 1.807) is 4.90 Å². The number of para-hydroxylation sites is 1. The minimum absolute atomic E-state index is 0.201. The number of nitrogens with one attached hydrogen (secondary N) is 1. The second-order valence-electron chi connectivity index (χ2n) is 6.35. The van der Waals surface area contributed by atoms with Gasteiger partial charge in [0.15, 0.2) is 11.5 Å². The fourth-order valence-corrected chi connectivity index (χ4v) is 2.94. The van der Waals surface area contributed by atoms with Crippen LogP contribution < -0.4 is 14.8 Å². The van der Waals surface area contributed by atoms with Crippen LogP contribution in [0.2, 0.25) is 0 Å². The average molecular weight is 364 g/mol. The number of urea groups is 1. The molecule has 0 saturated carbocycles. The van der Waals surface area contributed by atoms with Gasteiger partial charge in [-0.3, -0.25) is 0 Å². The Morgan fingerprint density at radius 1 is 1.00 bits per heavy atom. The second-order valence-corrected chi connectivity index (χ2v) is 6.35. The lowest BCUT2D eigenvalue weighted by atomic mass is 10.2. The number of anilines is 1. The third-order valence-electron chi connectivity index (χ3n) is 4.27. The van der Waals surface area contributed by atoms with E-state index >= 15 is 0 Å². The first kappa shape index (κ1) is 17.0. The van der Waals surface area contributed by atoms with Crippen LogP contribution in [-0.2, 0) is 13.1 Å². The van der Waals surface area contributed by atoms with Gasteiger partial charge in [0.25, 0.3) is 0 Å². The third-order valence-corrected chi connectivity index (χ3v) is 4.27. The predicted octanol–water partition coefficient (Wildman–Crippen LogP) is 4.55. The van der Waals surface area contributed by atoms with E-state index in [0.29, 0.717) is 18.8 Å². The summed E-state index contributed by atoms with van der Waals surface area (Å²) in [5.41, 5.74) is 1.69. The molecule has 0 aliphatic carbocycles. The van der Waals surface area contributed by atoms with Crippen LogP contribution in [0.25, 0.3) is 0 Å². The number of carbonyl (C=O) groups excluding carboxylic acids is 1. The van der Waals surface area contributed by atoms with Crippen LogP contribution in [0.4, 0.5) is 10.5 Å². The molecule has 27 heavy (non-hydrogen) atoms. The molecule has 0 atom stereocenters. The molecule has 4 rings (SSSR count). The molecule has 6 nitrogen and oxygen atoms in total. The van der Waals surface area contributed by atoms with Crippen molar-refractivity contribution < 1.29 is 18.7 Å². The van der Waals surface area contributed by atoms with Crippen molar-refractivity contribution in [2.75, 3.05) is 12.1 Å². The minimum atomic E-state index is -0.201. The molecule has 1 N–H and O–H groups in total. The molecule has 1 aliphatic heterocycles. The van der Waals surface area contributed by atoms with Crippen molar-refractivity contribution in [1.29, 1.82) is 0 Å². The summed E-state index contributed by atoms with van der Waals surface area (Å²) in [5, 5.41) is 2.93. The Hall–Kier alpha value is -3.41. The Morgan fingerprint density at radius 3 is 2.59 bits per heavy atom. The van der Waals surface area contributed by atoms with E-state index in [1.165, 1.54) is 0 Å². The van der Waals surface area contributed by atoms with Gasteiger partial charge in [0.05, 0.1) is 6.54 Å². The maximum atomic E-state index is 12.9. The highest BCUT2D eigenvalue weighted by Crippen LogP contribution is 2.33. The van der Waals surface area contributed by atoms with Gasteiger partial charge in [0.2, 0.25) is 6.79 Å². The summed E-state index contributed by atoms with van der Waals surface area (Å²) in [6.07, 6.45) is 0. The van der Waals surface area contributed by atoms with E-state index in [0.717, 1.165) is 28.5 Å². The monoisotopic (exact) mass is 364 g/mol. The first-order valence-electron chi connectivity index (χ1n) is 8.72. The van der Waals surface area contributed by atoms with E-state index < -0.39 is 0 Å². The van der Waals surface area contributed by atoms with Crippen LogP contribution in [0, 0.1) is 6.92 Å². The molecule has 2 amide bonds. The fourth-order valence-electron chi connectivity index (χ4n) is 2.94. The highest BCUT2D eigenvalue weighted by molar-refractivity contribution is 5.89. The number of amides is 2. The largest absolute Gasteiger partial charge is 0.464 e. The molecule has 3 aromatic rings. The zero-order valence-electron chi connectivity index (χ0n) is 15.0. The lowest BCUT2D eigenvalue weighted by molar-refractivity contribution is 0.174. The first-order valence-corrected chi connectivity index (χ1v) is 8.72. The number of aryl methyl sites for hydroxylation is 1. The Labute approximate surface area is 157 Å². The molecule has 2 aromatic carbocycles. The molecule has 0 unspecified atom stereocenters. The van der Waals surface area contributed by atoms with E-state index in [2.05, 4.69) is 5.32 Å². The van der Waals surface area contributed by atoms with Crippen LogP contribution in [-0.4, -0.2) is 17.7 Å². The van der Waals surface area contributed by atoms with Gasteiger partial charge in [-0.1, -0.05) is 24.3 Å². The van der Waals surface area contributed by atoms with E-state index in [4.69, 9.17) is 13.9 Å². The van der Waals surface area contributed by atoms with Gasteiger partial charge in [-0.05, 0) is 48.9 Å². The summed E-state index contributed by atoms with van der Waals surface area (Å²) in [7, 11) is 0. The fraction of sp³-hybridized carbons (Fsp3) is 0.190. The smallest absolute Gasteiger partial charge is 0.322 e. The van der Waals surface area contributed by atoms with Gasteiger partial charge in [0, 0.05) is 12.2 Å². The standard InChI is InChI=1S/C21H20N2O4/c1-15-7-9-18(27-15)13-23(21(24)22-17-5-3-2-4-6-17)12-16-8-10-19-20(11-16)26-14-25-19/h2-11H,12-14H2,1H3,(H,22,24). The number of fused-ring (bicyclic) bond motifs is 1. The van der Waals surface area contributed by atoms with Crippen molar-refractivity contribution in [3.63, 3.8) is 0 Å². The molecule has 138 valence electrons. The molecule has 1 aliphatic rings. The number of nitrogens with zero attached hydrogens (tertiary/aromatic N) is 1. The minimum Gasteiger partial charge on any atom is -0.464 e. The summed E-state index contributed by atoms with van der Waals surface area (Å²) in [5.74, 6) is 2.97. The molecule has 0 fully saturated rings. The summed E-state index contributed by atoms with van der Waals surface area (Å²) >= 11 is 0.